The molecule has 0 amide bonds. The molecule has 2 saturated heterocycles. The van der Waals surface area contributed by atoms with Crippen molar-refractivity contribution in [3.05, 3.63) is 0 Å². The first-order valence-corrected chi connectivity index (χ1v) is 9.21. The van der Waals surface area contributed by atoms with Crippen LogP contribution in [0, 0.1) is 0 Å². The average molecular weight is 438 g/mol. The van der Waals surface area contributed by atoms with E-state index in [-0.39, 0.29) is 0 Å². The molecule has 0 unspecified atom stereocenters. The van der Waals surface area contributed by atoms with Crippen LogP contribution < -0.4 is 0 Å². The van der Waals surface area contributed by atoms with E-state index in [1.54, 1.807) is 0 Å². The molecule has 0 aromatic rings. The van der Waals surface area contributed by atoms with Crippen molar-refractivity contribution in [1.82, 2.24) is 0 Å². The molecule has 9 N–H and O–H groups in total. The zero-order valence-electron chi connectivity index (χ0n) is 14.0. The Labute approximate surface area is 157 Å². The average Bonchev–Trinajstić information content (AvgIpc) is 2.62. The molecular weight excluding hydrogens is 416 g/mol. The molecule has 28 heavy (non-hydrogen) atoms. The van der Waals surface area contributed by atoms with Gasteiger partial charge in [-0.2, -0.15) is 8.42 Å². The van der Waals surface area contributed by atoms with Gasteiger partial charge in [0.25, 0.3) is 0 Å². The number of aliphatic hydroxyl groups excluding tert-OH is 7. The minimum atomic E-state index is -4.95. The summed E-state index contributed by atoms with van der Waals surface area (Å²) in [7, 11) is -4.95. The van der Waals surface area contributed by atoms with Crippen molar-refractivity contribution in [2.45, 2.75) is 61.1 Å². The molecule has 0 spiro atoms. The van der Waals surface area contributed by atoms with Gasteiger partial charge >= 0.3 is 16.4 Å². The van der Waals surface area contributed by atoms with E-state index in [2.05, 4.69) is 4.18 Å². The smallest absolute Gasteiger partial charge is 0.394 e. The van der Waals surface area contributed by atoms with Crippen LogP contribution in [0.1, 0.15) is 0 Å². The highest BCUT2D eigenvalue weighted by molar-refractivity contribution is 7.80. The van der Waals surface area contributed by atoms with Crippen LogP contribution in [0.4, 0.5) is 0 Å². The Bertz CT molecular complexity index is 627. The first-order valence-electron chi connectivity index (χ1n) is 7.85. The molecule has 10 atom stereocenters. The zero-order chi connectivity index (χ0) is 21.4. The second kappa shape index (κ2) is 8.66. The van der Waals surface area contributed by atoms with Crippen LogP contribution in [0.3, 0.4) is 0 Å². The molecule has 2 fully saturated rings. The van der Waals surface area contributed by atoms with Gasteiger partial charge in [-0.25, -0.2) is 4.18 Å². The Balaban J connectivity index is 2.17. The van der Waals surface area contributed by atoms with Gasteiger partial charge in [-0.1, -0.05) is 0 Å². The fraction of sp³-hybridized carbons (Fsp3) is 1.00. The first kappa shape index (κ1) is 23.7. The van der Waals surface area contributed by atoms with Gasteiger partial charge in [0.2, 0.25) is 0 Å². The summed E-state index contributed by atoms with van der Waals surface area (Å²) >= 11 is 0. The maximum Gasteiger partial charge on any atom is 0.397 e. The lowest BCUT2D eigenvalue weighted by Gasteiger charge is -2.48. The third-order valence-corrected chi connectivity index (χ3v) is 4.70. The lowest BCUT2D eigenvalue weighted by atomic mass is 9.97. The maximum absolute atomic E-state index is 10.6. The number of aliphatic hydroxyl groups is 8. The zero-order valence-corrected chi connectivity index (χ0v) is 14.8. The Kier molecular flexibility index (Phi) is 7.33. The summed E-state index contributed by atoms with van der Waals surface area (Å²) in [6.45, 7) is -1.96. The van der Waals surface area contributed by atoms with E-state index in [1.165, 1.54) is 0 Å². The van der Waals surface area contributed by atoms with E-state index in [4.69, 9.17) is 23.9 Å². The molecular formula is C12H22O15S. The van der Waals surface area contributed by atoms with Crippen molar-refractivity contribution in [1.29, 1.82) is 0 Å². The molecule has 0 aromatic heterocycles. The molecule has 0 radical (unpaired) electrons. The normalized spacial score (nSPS) is 47.8. The predicted octanol–water partition coefficient (Wildman–Crippen LogP) is -6.25. The van der Waals surface area contributed by atoms with Crippen molar-refractivity contribution in [2.75, 3.05) is 13.2 Å². The summed E-state index contributed by atoms with van der Waals surface area (Å²) in [5.74, 6) is -3.16. The van der Waals surface area contributed by atoms with E-state index in [1.807, 2.05) is 0 Å². The monoisotopic (exact) mass is 438 g/mol. The van der Waals surface area contributed by atoms with Crippen LogP contribution in [0.2, 0.25) is 0 Å². The Morgan fingerprint density at radius 2 is 1.46 bits per heavy atom. The van der Waals surface area contributed by atoms with E-state index < -0.39 is 84.7 Å². The van der Waals surface area contributed by atoms with Gasteiger partial charge in [0.05, 0.1) is 13.2 Å². The van der Waals surface area contributed by atoms with Crippen molar-refractivity contribution in [3.63, 3.8) is 0 Å². The van der Waals surface area contributed by atoms with Crippen molar-refractivity contribution in [2.24, 2.45) is 0 Å². The van der Waals surface area contributed by atoms with Crippen LogP contribution in [-0.2, 0) is 28.8 Å². The van der Waals surface area contributed by atoms with Gasteiger partial charge in [-0.3, -0.25) is 9.29 Å². The highest BCUT2D eigenvalue weighted by atomic mass is 32.3. The maximum atomic E-state index is 10.6. The molecule has 0 saturated carbocycles. The molecule has 2 rings (SSSR count). The minimum absolute atomic E-state index is 0.920. The van der Waals surface area contributed by atoms with Gasteiger partial charge in [-0.15, -0.1) is 0 Å². The minimum Gasteiger partial charge on any atom is -0.394 e. The molecule has 15 nitrogen and oxygen atoms in total. The quantitative estimate of drug-likeness (QED) is 0.138. The van der Waals surface area contributed by atoms with Gasteiger partial charge in [0, 0.05) is 0 Å². The highest BCUT2D eigenvalue weighted by Gasteiger charge is 2.57. The van der Waals surface area contributed by atoms with Gasteiger partial charge in [0.15, 0.2) is 12.4 Å². The van der Waals surface area contributed by atoms with Crippen molar-refractivity contribution in [3.8, 4) is 0 Å². The highest BCUT2D eigenvalue weighted by Crippen LogP contribution is 2.33. The lowest BCUT2D eigenvalue weighted by Crippen LogP contribution is -2.69. The van der Waals surface area contributed by atoms with Crippen LogP contribution >= 0.6 is 0 Å². The Hall–Kier alpha value is -0.570. The van der Waals surface area contributed by atoms with Crippen LogP contribution in [0.15, 0.2) is 0 Å². The fourth-order valence-corrected chi connectivity index (χ4v) is 3.00. The standard InChI is InChI=1S/C12H22O15S/c13-1-3-5(14)8(17)10(19)12(20,26-3)27-11-9(18)7(16)6(15)4(25-11)2-24-28(21,22)23/h3-11,13-20H,1-2H2,(H,21,22,23)/t3-,4-,5+,6+,7+,8+,9-,10-,11-,12+/m1/s1. The molecule has 0 aliphatic carbocycles. The van der Waals surface area contributed by atoms with Crippen molar-refractivity contribution < 1.29 is 72.2 Å². The number of ether oxygens (including phenoxy) is 3. The second-order valence-electron chi connectivity index (χ2n) is 6.24. The van der Waals surface area contributed by atoms with E-state index in [9.17, 15) is 44.2 Å². The van der Waals surface area contributed by atoms with Crippen molar-refractivity contribution >= 4 is 10.4 Å². The first-order chi connectivity index (χ1) is 12.8. The largest absolute Gasteiger partial charge is 0.397 e. The topological polar surface area (TPSA) is 253 Å². The summed E-state index contributed by atoms with van der Waals surface area (Å²) in [4.78, 5) is 0. The van der Waals surface area contributed by atoms with Crippen LogP contribution in [0.5, 0.6) is 0 Å². The number of rotatable bonds is 6. The summed E-state index contributed by atoms with van der Waals surface area (Å²) in [5, 5.41) is 78.4. The summed E-state index contributed by atoms with van der Waals surface area (Å²) < 4.78 is 48.5. The molecule has 2 aliphatic heterocycles. The molecule has 2 heterocycles. The lowest BCUT2D eigenvalue weighted by molar-refractivity contribution is -0.488. The molecule has 2 aliphatic rings. The summed E-state index contributed by atoms with van der Waals surface area (Å²) in [5.41, 5.74) is 0. The molecule has 16 heteroatoms. The van der Waals surface area contributed by atoms with E-state index >= 15 is 0 Å². The SMILES string of the molecule is O=S(=O)(O)OC[C@H]1O[C@H](O[C@@]2(O)O[C@H](CO)[C@H](O)[C@H](O)[C@H]2O)[C@H](O)[C@@H](O)[C@H]1O. The Morgan fingerprint density at radius 1 is 0.893 bits per heavy atom. The van der Waals surface area contributed by atoms with Crippen LogP contribution in [-0.4, -0.2) is 128 Å². The second-order valence-corrected chi connectivity index (χ2v) is 7.33. The molecule has 0 aromatic carbocycles. The fourth-order valence-electron chi connectivity index (χ4n) is 2.69. The third-order valence-electron chi connectivity index (χ3n) is 4.26. The van der Waals surface area contributed by atoms with E-state index in [0.717, 1.165) is 0 Å². The molecule has 0 bridgehead atoms. The molecule has 166 valence electrons. The van der Waals surface area contributed by atoms with E-state index in [0.29, 0.717) is 0 Å². The van der Waals surface area contributed by atoms with Gasteiger partial charge < -0.3 is 50.3 Å². The number of hydrogen-bond donors (Lipinski definition) is 9. The third kappa shape index (κ3) is 4.94. The van der Waals surface area contributed by atoms with Gasteiger partial charge in [-0.05, 0) is 0 Å². The predicted molar refractivity (Wildman–Crippen MR) is 80.2 cm³/mol. The number of hydrogen-bond acceptors (Lipinski definition) is 14. The summed E-state index contributed by atoms with van der Waals surface area (Å²) in [6, 6.07) is 0. The Morgan fingerprint density at radius 3 is 2.00 bits per heavy atom. The van der Waals surface area contributed by atoms with Crippen LogP contribution in [0.25, 0.3) is 0 Å². The summed E-state index contributed by atoms with van der Waals surface area (Å²) in [6.07, 6.45) is -17.7. The van der Waals surface area contributed by atoms with Gasteiger partial charge in [0.1, 0.15) is 42.7 Å².